The molecular weight excluding hydrogens is 214 g/mol. The number of nitrogens with one attached hydrogen (secondary N) is 1. The Balaban J connectivity index is 1.98. The van der Waals surface area contributed by atoms with Crippen molar-refractivity contribution in [2.45, 2.75) is 38.6 Å². The van der Waals surface area contributed by atoms with Crippen molar-refractivity contribution >= 4 is 5.65 Å². The lowest BCUT2D eigenvalue weighted by Crippen LogP contribution is -2.22. The minimum atomic E-state index is 0.317. The summed E-state index contributed by atoms with van der Waals surface area (Å²) in [5.41, 5.74) is 1.86. The van der Waals surface area contributed by atoms with Crippen LogP contribution in [0.5, 0.6) is 0 Å². The molecule has 17 heavy (non-hydrogen) atoms. The summed E-state index contributed by atoms with van der Waals surface area (Å²) in [6.07, 6.45) is 6.77. The van der Waals surface area contributed by atoms with Gasteiger partial charge in [-0.3, -0.25) is 4.40 Å². The maximum Gasteiger partial charge on any atom is 0.163 e. The average molecular weight is 231 g/mol. The molecule has 2 aromatic heterocycles. The van der Waals surface area contributed by atoms with Crippen LogP contribution in [-0.4, -0.2) is 26.1 Å². The second-order valence-electron chi connectivity index (χ2n) is 4.67. The van der Waals surface area contributed by atoms with Crippen molar-refractivity contribution in [2.24, 2.45) is 0 Å². The van der Waals surface area contributed by atoms with Gasteiger partial charge in [-0.2, -0.15) is 0 Å². The second-order valence-corrected chi connectivity index (χ2v) is 4.67. The Morgan fingerprint density at radius 2 is 2.24 bits per heavy atom. The molecule has 5 heteroatoms. The van der Waals surface area contributed by atoms with Crippen molar-refractivity contribution in [3.63, 3.8) is 0 Å². The number of nitrogens with zero attached hydrogens (tertiary/aromatic N) is 4. The molecule has 0 amide bonds. The summed E-state index contributed by atoms with van der Waals surface area (Å²) >= 11 is 0. The van der Waals surface area contributed by atoms with Crippen LogP contribution in [0.4, 0.5) is 0 Å². The van der Waals surface area contributed by atoms with Crippen LogP contribution in [-0.2, 0) is 0 Å². The molecule has 1 N–H and O–H groups in total. The molecule has 0 radical (unpaired) electrons. The lowest BCUT2D eigenvalue weighted by atomic mass is 10.1. The van der Waals surface area contributed by atoms with Gasteiger partial charge in [0.15, 0.2) is 11.5 Å². The van der Waals surface area contributed by atoms with Crippen molar-refractivity contribution < 1.29 is 0 Å². The lowest BCUT2D eigenvalue weighted by molar-refractivity contribution is 0.502. The molecule has 1 fully saturated rings. The highest BCUT2D eigenvalue weighted by atomic mass is 15.3. The summed E-state index contributed by atoms with van der Waals surface area (Å²) in [4.78, 5) is 4.31. The summed E-state index contributed by atoms with van der Waals surface area (Å²) in [5, 5.41) is 12.1. The topological polar surface area (TPSA) is 55.1 Å². The molecule has 3 heterocycles. The van der Waals surface area contributed by atoms with Gasteiger partial charge in [-0.05, 0) is 26.3 Å². The van der Waals surface area contributed by atoms with Crippen LogP contribution in [0, 0.1) is 6.92 Å². The number of hydrogen-bond donors (Lipinski definition) is 1. The van der Waals surface area contributed by atoms with Crippen LogP contribution in [0.1, 0.15) is 43.2 Å². The lowest BCUT2D eigenvalue weighted by Gasteiger charge is -2.13. The largest absolute Gasteiger partial charge is 0.307 e. The molecule has 90 valence electrons. The van der Waals surface area contributed by atoms with Crippen molar-refractivity contribution in [1.82, 2.24) is 24.9 Å². The van der Waals surface area contributed by atoms with Gasteiger partial charge in [0.05, 0.1) is 6.04 Å². The van der Waals surface area contributed by atoms with Crippen LogP contribution in [0.2, 0.25) is 0 Å². The first-order chi connectivity index (χ1) is 8.34. The summed E-state index contributed by atoms with van der Waals surface area (Å²) < 4.78 is 2.00. The number of hydrogen-bond acceptors (Lipinski definition) is 4. The monoisotopic (exact) mass is 231 g/mol. The fourth-order valence-corrected chi connectivity index (χ4v) is 2.39. The van der Waals surface area contributed by atoms with E-state index in [-0.39, 0.29) is 0 Å². The van der Waals surface area contributed by atoms with E-state index in [9.17, 15) is 0 Å². The highest BCUT2D eigenvalue weighted by Gasteiger charge is 2.19. The Hall–Kier alpha value is -1.49. The second kappa shape index (κ2) is 4.41. The van der Waals surface area contributed by atoms with E-state index in [1.165, 1.54) is 19.3 Å². The standard InChI is InChI=1S/C12H17N5/c1-9-7-11-15-16-12(17(11)8-14-9)10-5-3-2-4-6-13-10/h7-8,10,13H,2-6H2,1H3. The molecule has 3 rings (SSSR count). The molecule has 2 aromatic rings. The van der Waals surface area contributed by atoms with Crippen molar-refractivity contribution in [2.75, 3.05) is 6.54 Å². The van der Waals surface area contributed by atoms with Gasteiger partial charge in [-0.25, -0.2) is 4.98 Å². The molecule has 1 saturated heterocycles. The SMILES string of the molecule is Cc1cc2nnc(C3CCCCCN3)n2cn1. The zero-order valence-electron chi connectivity index (χ0n) is 10.1. The van der Waals surface area contributed by atoms with E-state index < -0.39 is 0 Å². The maximum atomic E-state index is 4.31. The number of aromatic nitrogens is 4. The van der Waals surface area contributed by atoms with Crippen LogP contribution in [0.25, 0.3) is 5.65 Å². The summed E-state index contributed by atoms with van der Waals surface area (Å²) in [7, 11) is 0. The number of aryl methyl sites for hydroxylation is 1. The smallest absolute Gasteiger partial charge is 0.163 e. The first-order valence-corrected chi connectivity index (χ1v) is 6.25. The Kier molecular flexibility index (Phi) is 2.76. The molecule has 1 aliphatic rings. The molecule has 0 saturated carbocycles. The molecule has 5 nitrogen and oxygen atoms in total. The molecule has 0 aliphatic carbocycles. The third kappa shape index (κ3) is 2.02. The Labute approximate surface area is 100 Å². The molecular formula is C12H17N5. The zero-order valence-corrected chi connectivity index (χ0v) is 10.1. The first-order valence-electron chi connectivity index (χ1n) is 6.25. The summed E-state index contributed by atoms with van der Waals surface area (Å²) in [6, 6.07) is 2.28. The van der Waals surface area contributed by atoms with Crippen LogP contribution in [0.15, 0.2) is 12.4 Å². The molecule has 0 aromatic carbocycles. The fraction of sp³-hybridized carbons (Fsp3) is 0.583. The average Bonchev–Trinajstić information content (AvgIpc) is 2.57. The zero-order chi connectivity index (χ0) is 11.7. The van der Waals surface area contributed by atoms with E-state index in [4.69, 9.17) is 0 Å². The van der Waals surface area contributed by atoms with Gasteiger partial charge in [-0.1, -0.05) is 12.8 Å². The third-order valence-corrected chi connectivity index (χ3v) is 3.34. The third-order valence-electron chi connectivity index (χ3n) is 3.34. The van der Waals surface area contributed by atoms with Gasteiger partial charge in [0, 0.05) is 11.8 Å². The minimum absolute atomic E-state index is 0.317. The Morgan fingerprint density at radius 1 is 1.29 bits per heavy atom. The van der Waals surface area contributed by atoms with Crippen molar-refractivity contribution in [1.29, 1.82) is 0 Å². The number of rotatable bonds is 1. The summed E-state index contributed by atoms with van der Waals surface area (Å²) in [5.74, 6) is 0.995. The van der Waals surface area contributed by atoms with Crippen molar-refractivity contribution in [3.05, 3.63) is 23.9 Å². The summed E-state index contributed by atoms with van der Waals surface area (Å²) in [6.45, 7) is 3.04. The highest BCUT2D eigenvalue weighted by Crippen LogP contribution is 2.21. The van der Waals surface area contributed by atoms with Gasteiger partial charge in [0.1, 0.15) is 6.33 Å². The molecule has 0 bridgehead atoms. The number of fused-ring (bicyclic) bond motifs is 1. The van der Waals surface area contributed by atoms with Gasteiger partial charge in [0.2, 0.25) is 0 Å². The van der Waals surface area contributed by atoms with Gasteiger partial charge in [-0.15, -0.1) is 10.2 Å². The van der Waals surface area contributed by atoms with Crippen LogP contribution >= 0.6 is 0 Å². The van der Waals surface area contributed by atoms with Crippen LogP contribution < -0.4 is 5.32 Å². The Bertz CT molecular complexity index is 511. The van der Waals surface area contributed by atoms with E-state index in [1.54, 1.807) is 0 Å². The first kappa shape index (κ1) is 10.7. The fourth-order valence-electron chi connectivity index (χ4n) is 2.39. The highest BCUT2D eigenvalue weighted by molar-refractivity contribution is 5.38. The quantitative estimate of drug-likeness (QED) is 0.810. The molecule has 1 atom stereocenters. The maximum absolute atomic E-state index is 4.31. The Morgan fingerprint density at radius 3 is 3.18 bits per heavy atom. The molecule has 1 aliphatic heterocycles. The molecule has 1 unspecified atom stereocenters. The van der Waals surface area contributed by atoms with Crippen LogP contribution in [0.3, 0.4) is 0 Å². The van der Waals surface area contributed by atoms with E-state index in [0.29, 0.717) is 6.04 Å². The van der Waals surface area contributed by atoms with E-state index in [2.05, 4.69) is 20.5 Å². The predicted octanol–water partition coefficient (Wildman–Crippen LogP) is 1.64. The van der Waals surface area contributed by atoms with Gasteiger partial charge >= 0.3 is 0 Å². The van der Waals surface area contributed by atoms with Gasteiger partial charge < -0.3 is 5.32 Å². The van der Waals surface area contributed by atoms with E-state index >= 15 is 0 Å². The van der Waals surface area contributed by atoms with E-state index in [0.717, 1.165) is 30.1 Å². The minimum Gasteiger partial charge on any atom is -0.307 e. The predicted molar refractivity (Wildman–Crippen MR) is 64.7 cm³/mol. The normalized spacial score (nSPS) is 21.6. The molecule has 0 spiro atoms. The van der Waals surface area contributed by atoms with Gasteiger partial charge in [0.25, 0.3) is 0 Å². The van der Waals surface area contributed by atoms with E-state index in [1.807, 2.05) is 23.7 Å². The van der Waals surface area contributed by atoms with Crippen molar-refractivity contribution in [3.8, 4) is 0 Å².